The van der Waals surface area contributed by atoms with Crippen molar-refractivity contribution >= 4 is 45.4 Å². The van der Waals surface area contributed by atoms with Crippen molar-refractivity contribution < 1.29 is 14.4 Å². The van der Waals surface area contributed by atoms with Crippen molar-refractivity contribution in [2.24, 2.45) is 5.92 Å². The van der Waals surface area contributed by atoms with E-state index < -0.39 is 0 Å². The summed E-state index contributed by atoms with van der Waals surface area (Å²) in [6.07, 6.45) is 7.46. The molecule has 1 N–H and O–H groups in total. The molecule has 0 spiro atoms. The molecule has 1 saturated heterocycles. The second-order valence-electron chi connectivity index (χ2n) is 8.45. The van der Waals surface area contributed by atoms with Gasteiger partial charge in [-0.05, 0) is 32.6 Å². The molecule has 2 aliphatic rings. The first-order valence-electron chi connectivity index (χ1n) is 11.0. The van der Waals surface area contributed by atoms with Gasteiger partial charge >= 0.3 is 0 Å². The number of anilines is 1. The number of carbonyl (C=O) groups excluding carboxylic acids is 3. The zero-order valence-corrected chi connectivity index (χ0v) is 19.6. The van der Waals surface area contributed by atoms with Gasteiger partial charge in [-0.25, -0.2) is 9.97 Å². The van der Waals surface area contributed by atoms with E-state index in [2.05, 4.69) is 15.3 Å². The smallest absolute Gasteiger partial charge is 0.276 e. The van der Waals surface area contributed by atoms with E-state index in [4.69, 9.17) is 0 Å². The Hall–Kier alpha value is -2.13. The first-order chi connectivity index (χ1) is 14.9. The Morgan fingerprint density at radius 2 is 1.77 bits per heavy atom. The number of thiazole rings is 2. The molecule has 1 saturated carbocycles. The van der Waals surface area contributed by atoms with Crippen LogP contribution < -0.4 is 5.32 Å². The highest BCUT2D eigenvalue weighted by Gasteiger charge is 2.30. The molecule has 2 aromatic rings. The van der Waals surface area contributed by atoms with E-state index in [0.717, 1.165) is 43.8 Å². The van der Waals surface area contributed by atoms with Gasteiger partial charge in [-0.3, -0.25) is 19.7 Å². The first kappa shape index (κ1) is 22.1. The predicted octanol–water partition coefficient (Wildman–Crippen LogP) is 4.65. The third-order valence-corrected chi connectivity index (χ3v) is 8.38. The van der Waals surface area contributed by atoms with Gasteiger partial charge in [0.2, 0.25) is 5.91 Å². The van der Waals surface area contributed by atoms with Crippen molar-refractivity contribution in [3.63, 3.8) is 0 Å². The monoisotopic (exact) mass is 460 g/mol. The van der Waals surface area contributed by atoms with Crippen LogP contribution in [0.3, 0.4) is 0 Å². The molecule has 0 atom stereocenters. The van der Waals surface area contributed by atoms with Gasteiger partial charge in [0.25, 0.3) is 5.91 Å². The van der Waals surface area contributed by atoms with E-state index in [1.807, 2.05) is 4.90 Å². The van der Waals surface area contributed by atoms with E-state index in [1.165, 1.54) is 48.9 Å². The molecule has 0 bridgehead atoms. The van der Waals surface area contributed by atoms with Crippen molar-refractivity contribution in [3.8, 4) is 0 Å². The van der Waals surface area contributed by atoms with Gasteiger partial charge in [0.05, 0.1) is 15.6 Å². The standard InChI is InChI=1S/C22H28N4O3S2/c1-13-18(14(2)27)31-22(23-13)25-19(28)17-12-30-20(24-17)15-8-10-26(11-9-15)21(29)16-6-4-3-5-7-16/h12,15-16H,3-11H2,1-2H3,(H,23,25,28). The molecule has 2 fully saturated rings. The Balaban J connectivity index is 1.32. The lowest BCUT2D eigenvalue weighted by Gasteiger charge is -2.34. The lowest BCUT2D eigenvalue weighted by atomic mass is 9.87. The Bertz CT molecular complexity index is 969. The minimum absolute atomic E-state index is 0.0558. The molecule has 7 nitrogen and oxygen atoms in total. The summed E-state index contributed by atoms with van der Waals surface area (Å²) >= 11 is 2.68. The van der Waals surface area contributed by atoms with Gasteiger partial charge in [0.15, 0.2) is 10.9 Å². The van der Waals surface area contributed by atoms with Crippen LogP contribution in [0.1, 0.15) is 88.6 Å². The lowest BCUT2D eigenvalue weighted by Crippen LogP contribution is -2.41. The van der Waals surface area contributed by atoms with Gasteiger partial charge < -0.3 is 4.90 Å². The fraction of sp³-hybridized carbons (Fsp3) is 0.591. The molecule has 1 aliphatic heterocycles. The number of nitrogens with one attached hydrogen (secondary N) is 1. The average molecular weight is 461 g/mol. The number of nitrogens with zero attached hydrogens (tertiary/aromatic N) is 3. The summed E-state index contributed by atoms with van der Waals surface area (Å²) < 4.78 is 0. The molecule has 0 unspecified atom stereocenters. The topological polar surface area (TPSA) is 92.3 Å². The van der Waals surface area contributed by atoms with E-state index in [9.17, 15) is 14.4 Å². The molecular formula is C22H28N4O3S2. The molecule has 0 radical (unpaired) electrons. The SMILES string of the molecule is CC(=O)c1sc(NC(=O)c2csc(C3CCN(C(=O)C4CCCCC4)CC3)n2)nc1C. The van der Waals surface area contributed by atoms with Crippen LogP contribution in [0.5, 0.6) is 0 Å². The average Bonchev–Trinajstić information content (AvgIpc) is 3.41. The zero-order chi connectivity index (χ0) is 22.0. The summed E-state index contributed by atoms with van der Waals surface area (Å²) in [4.78, 5) is 48.4. The highest BCUT2D eigenvalue weighted by Crippen LogP contribution is 2.33. The fourth-order valence-electron chi connectivity index (χ4n) is 4.47. The minimum Gasteiger partial charge on any atom is -0.342 e. The van der Waals surface area contributed by atoms with Gasteiger partial charge in [0, 0.05) is 37.2 Å². The van der Waals surface area contributed by atoms with Gasteiger partial charge in [-0.1, -0.05) is 30.6 Å². The number of hydrogen-bond donors (Lipinski definition) is 1. The molecule has 3 heterocycles. The molecule has 0 aromatic carbocycles. The molecule has 31 heavy (non-hydrogen) atoms. The quantitative estimate of drug-likeness (QED) is 0.656. The number of Topliss-reactive ketones (excluding diaryl/α,β-unsaturated/α-hetero) is 1. The molecule has 166 valence electrons. The van der Waals surface area contributed by atoms with Crippen LogP contribution in [0.15, 0.2) is 5.38 Å². The van der Waals surface area contributed by atoms with Crippen molar-refractivity contribution in [2.75, 3.05) is 18.4 Å². The number of piperidine rings is 1. The second-order valence-corrected chi connectivity index (χ2v) is 10.3. The highest BCUT2D eigenvalue weighted by molar-refractivity contribution is 7.17. The van der Waals surface area contributed by atoms with Crippen LogP contribution >= 0.6 is 22.7 Å². The number of rotatable bonds is 5. The third kappa shape index (κ3) is 5.03. The summed E-state index contributed by atoms with van der Waals surface area (Å²) in [6, 6.07) is 0. The maximum absolute atomic E-state index is 12.8. The Labute approximate surface area is 190 Å². The van der Waals surface area contributed by atoms with Gasteiger partial charge in [-0.2, -0.15) is 0 Å². The van der Waals surface area contributed by atoms with Crippen LogP contribution in [0.2, 0.25) is 0 Å². The summed E-state index contributed by atoms with van der Waals surface area (Å²) in [5.74, 6) is 0.476. The first-order valence-corrected chi connectivity index (χ1v) is 12.7. The normalized spacial score (nSPS) is 18.2. The Morgan fingerprint density at radius 1 is 1.06 bits per heavy atom. The Morgan fingerprint density at radius 3 is 2.42 bits per heavy atom. The van der Waals surface area contributed by atoms with E-state index >= 15 is 0 Å². The minimum atomic E-state index is -0.309. The van der Waals surface area contributed by atoms with Crippen LogP contribution in [0.4, 0.5) is 5.13 Å². The molecule has 2 amide bonds. The number of carbonyl (C=O) groups is 3. The molecule has 1 aliphatic carbocycles. The second kappa shape index (κ2) is 9.56. The number of amides is 2. The van der Waals surface area contributed by atoms with Crippen molar-refractivity contribution in [3.05, 3.63) is 26.7 Å². The number of hydrogen-bond acceptors (Lipinski definition) is 7. The van der Waals surface area contributed by atoms with Gasteiger partial charge in [-0.15, -0.1) is 11.3 Å². The lowest BCUT2D eigenvalue weighted by molar-refractivity contribution is -0.137. The highest BCUT2D eigenvalue weighted by atomic mass is 32.1. The van der Waals surface area contributed by atoms with Crippen LogP contribution in [-0.4, -0.2) is 45.6 Å². The molecule has 9 heteroatoms. The predicted molar refractivity (Wildman–Crippen MR) is 122 cm³/mol. The molecule has 2 aromatic heterocycles. The molecular weight excluding hydrogens is 432 g/mol. The number of ketones is 1. The maximum Gasteiger partial charge on any atom is 0.276 e. The van der Waals surface area contributed by atoms with Gasteiger partial charge in [0.1, 0.15) is 5.69 Å². The Kier molecular flexibility index (Phi) is 6.81. The van der Waals surface area contributed by atoms with E-state index in [0.29, 0.717) is 27.3 Å². The largest absolute Gasteiger partial charge is 0.342 e. The van der Waals surface area contributed by atoms with E-state index in [-0.39, 0.29) is 23.5 Å². The van der Waals surface area contributed by atoms with Crippen LogP contribution in [0.25, 0.3) is 0 Å². The van der Waals surface area contributed by atoms with E-state index in [1.54, 1.807) is 12.3 Å². The third-order valence-electron chi connectivity index (χ3n) is 6.20. The van der Waals surface area contributed by atoms with Crippen LogP contribution in [0, 0.1) is 12.8 Å². The summed E-state index contributed by atoms with van der Waals surface area (Å²) in [5.41, 5.74) is 0.999. The van der Waals surface area contributed by atoms with Crippen LogP contribution in [-0.2, 0) is 4.79 Å². The number of aromatic nitrogens is 2. The number of aryl methyl sites for hydroxylation is 1. The summed E-state index contributed by atoms with van der Waals surface area (Å²) in [7, 11) is 0. The summed E-state index contributed by atoms with van der Waals surface area (Å²) in [5, 5.41) is 5.90. The maximum atomic E-state index is 12.8. The number of likely N-dealkylation sites (tertiary alicyclic amines) is 1. The molecule has 4 rings (SSSR count). The van der Waals surface area contributed by atoms with Crippen molar-refractivity contribution in [2.45, 2.75) is 64.7 Å². The fourth-order valence-corrected chi connectivity index (χ4v) is 6.30. The van der Waals surface area contributed by atoms with Crippen molar-refractivity contribution in [1.29, 1.82) is 0 Å². The zero-order valence-electron chi connectivity index (χ0n) is 18.0. The summed E-state index contributed by atoms with van der Waals surface area (Å²) in [6.45, 7) is 4.79. The van der Waals surface area contributed by atoms with Crippen molar-refractivity contribution in [1.82, 2.24) is 14.9 Å².